The highest BCUT2D eigenvalue weighted by Gasteiger charge is 2.65. The number of halogens is 1. The van der Waals surface area contributed by atoms with Gasteiger partial charge in [0.05, 0.1) is 17.3 Å². The van der Waals surface area contributed by atoms with Crippen LogP contribution in [0.3, 0.4) is 0 Å². The van der Waals surface area contributed by atoms with Crippen molar-refractivity contribution >= 4 is 17.5 Å². The van der Waals surface area contributed by atoms with Gasteiger partial charge in [-0.25, -0.2) is 0 Å². The molecule has 1 N–H and O–H groups in total. The van der Waals surface area contributed by atoms with Gasteiger partial charge in [0.1, 0.15) is 5.15 Å². The average Bonchev–Trinajstić information content (AvgIpc) is 3.15. The normalized spacial score (nSPS) is 31.0. The molecule has 3 aliphatic rings. The monoisotopic (exact) mass is 317 g/mol. The van der Waals surface area contributed by atoms with Gasteiger partial charge in [0.2, 0.25) is 0 Å². The molecule has 2 saturated carbocycles. The highest BCUT2D eigenvalue weighted by atomic mass is 35.5. The van der Waals surface area contributed by atoms with Crippen LogP contribution in [-0.2, 0) is 7.05 Å². The lowest BCUT2D eigenvalue weighted by atomic mass is 9.74. The largest absolute Gasteiger partial charge is 0.342 e. The molecule has 0 spiro atoms. The number of carbonyl (C=O) groups excluding carboxylic acids is 1. The number of fused-ring (bicyclic) bond motifs is 5. The molecule has 2 bridgehead atoms. The van der Waals surface area contributed by atoms with Crippen molar-refractivity contribution < 1.29 is 4.79 Å². The Bertz CT molecular complexity index is 743. The van der Waals surface area contributed by atoms with Crippen molar-refractivity contribution in [3.63, 3.8) is 0 Å². The van der Waals surface area contributed by atoms with Crippen LogP contribution in [0.15, 0.2) is 29.5 Å². The summed E-state index contributed by atoms with van der Waals surface area (Å²) in [5.41, 5.74) is 3.01. The van der Waals surface area contributed by atoms with E-state index in [4.69, 9.17) is 11.6 Å². The van der Waals surface area contributed by atoms with Gasteiger partial charge in [-0.15, -0.1) is 0 Å². The first kappa shape index (κ1) is 14.1. The van der Waals surface area contributed by atoms with Crippen LogP contribution in [0.5, 0.6) is 0 Å². The number of rotatable bonds is 2. The van der Waals surface area contributed by atoms with Crippen molar-refractivity contribution in [2.75, 3.05) is 0 Å². The number of carbonyl (C=O) groups is 1. The van der Waals surface area contributed by atoms with Crippen LogP contribution in [0.2, 0.25) is 5.15 Å². The standard InChI is InChI=1S/C17H20ClN3O/c1-16(2)12-7-8-17(16,13-6-4-5-10(12)13)20-15(22)11-9-19-21(3)14(11)18/h5-6,9,12H,4,7-8H2,1-3H3,(H,20,22). The Balaban J connectivity index is 1.74. The second-order valence-corrected chi connectivity index (χ2v) is 7.52. The van der Waals surface area contributed by atoms with E-state index in [0.717, 1.165) is 19.3 Å². The van der Waals surface area contributed by atoms with Gasteiger partial charge in [0, 0.05) is 7.05 Å². The number of hydrogen-bond acceptors (Lipinski definition) is 2. The lowest BCUT2D eigenvalue weighted by molar-refractivity contribution is 0.0858. The maximum absolute atomic E-state index is 12.8. The first-order valence-corrected chi connectivity index (χ1v) is 8.17. The zero-order valence-electron chi connectivity index (χ0n) is 13.1. The van der Waals surface area contributed by atoms with E-state index in [9.17, 15) is 4.79 Å². The SMILES string of the molecule is Cn1ncc(C(=O)NC23CCC(C4=CCC=C42)C3(C)C)c1Cl. The molecule has 1 heterocycles. The number of amides is 1. The molecule has 4 nitrogen and oxygen atoms in total. The van der Waals surface area contributed by atoms with Crippen LogP contribution < -0.4 is 5.32 Å². The van der Waals surface area contributed by atoms with E-state index in [2.05, 4.69) is 36.4 Å². The zero-order chi connectivity index (χ0) is 15.7. The van der Waals surface area contributed by atoms with Gasteiger partial charge in [-0.3, -0.25) is 9.48 Å². The Morgan fingerprint density at radius 2 is 2.23 bits per heavy atom. The van der Waals surface area contributed by atoms with Crippen LogP contribution in [-0.4, -0.2) is 21.2 Å². The van der Waals surface area contributed by atoms with Crippen LogP contribution in [0, 0.1) is 11.3 Å². The average molecular weight is 318 g/mol. The van der Waals surface area contributed by atoms with E-state index in [-0.39, 0.29) is 16.9 Å². The van der Waals surface area contributed by atoms with Crippen LogP contribution in [0.1, 0.15) is 43.5 Å². The maximum atomic E-state index is 12.8. The molecule has 2 fully saturated rings. The predicted molar refractivity (Wildman–Crippen MR) is 85.7 cm³/mol. The van der Waals surface area contributed by atoms with E-state index >= 15 is 0 Å². The topological polar surface area (TPSA) is 46.9 Å². The fourth-order valence-corrected chi connectivity index (χ4v) is 4.95. The molecule has 1 amide bonds. The summed E-state index contributed by atoms with van der Waals surface area (Å²) in [5, 5.41) is 7.79. The molecule has 0 aromatic carbocycles. The molecule has 22 heavy (non-hydrogen) atoms. The molecule has 0 aliphatic heterocycles. The van der Waals surface area contributed by atoms with Gasteiger partial charge < -0.3 is 5.32 Å². The van der Waals surface area contributed by atoms with Crippen molar-refractivity contribution in [3.8, 4) is 0 Å². The number of aryl methyl sites for hydroxylation is 1. The Labute approximate surface area is 135 Å². The van der Waals surface area contributed by atoms with Crippen molar-refractivity contribution in [2.24, 2.45) is 18.4 Å². The molecule has 4 rings (SSSR count). The minimum atomic E-state index is -0.268. The summed E-state index contributed by atoms with van der Waals surface area (Å²) in [4.78, 5) is 12.8. The lowest BCUT2D eigenvalue weighted by Crippen LogP contribution is -2.54. The van der Waals surface area contributed by atoms with E-state index in [1.54, 1.807) is 13.2 Å². The Morgan fingerprint density at radius 1 is 1.45 bits per heavy atom. The molecule has 5 heteroatoms. The summed E-state index contributed by atoms with van der Waals surface area (Å²) in [6.45, 7) is 4.55. The fraction of sp³-hybridized carbons (Fsp3) is 0.529. The Kier molecular flexibility index (Phi) is 2.72. The summed E-state index contributed by atoms with van der Waals surface area (Å²) < 4.78 is 1.52. The van der Waals surface area contributed by atoms with E-state index < -0.39 is 0 Å². The summed E-state index contributed by atoms with van der Waals surface area (Å²) in [6.07, 6.45) is 9.27. The van der Waals surface area contributed by atoms with Gasteiger partial charge in [-0.2, -0.15) is 5.10 Å². The molecule has 0 saturated heterocycles. The summed E-state index contributed by atoms with van der Waals surface area (Å²) >= 11 is 6.18. The Morgan fingerprint density at radius 3 is 2.91 bits per heavy atom. The second-order valence-electron chi connectivity index (χ2n) is 7.16. The maximum Gasteiger partial charge on any atom is 0.256 e. The zero-order valence-corrected chi connectivity index (χ0v) is 13.9. The van der Waals surface area contributed by atoms with Gasteiger partial charge >= 0.3 is 0 Å². The minimum absolute atomic E-state index is 0.0371. The number of hydrogen-bond donors (Lipinski definition) is 1. The van der Waals surface area contributed by atoms with E-state index in [0.29, 0.717) is 16.6 Å². The molecular weight excluding hydrogens is 298 g/mol. The third kappa shape index (κ3) is 1.49. The number of aromatic nitrogens is 2. The molecule has 2 unspecified atom stereocenters. The van der Waals surface area contributed by atoms with Gasteiger partial charge in [-0.05, 0) is 41.7 Å². The van der Waals surface area contributed by atoms with Crippen molar-refractivity contribution in [2.45, 2.75) is 38.6 Å². The highest BCUT2D eigenvalue weighted by Crippen LogP contribution is 2.66. The van der Waals surface area contributed by atoms with E-state index in [1.165, 1.54) is 15.8 Å². The molecule has 116 valence electrons. The first-order valence-electron chi connectivity index (χ1n) is 7.79. The lowest BCUT2D eigenvalue weighted by Gasteiger charge is -2.39. The van der Waals surface area contributed by atoms with Crippen molar-refractivity contribution in [1.29, 1.82) is 0 Å². The summed E-state index contributed by atoms with van der Waals surface area (Å²) in [7, 11) is 1.74. The second kappa shape index (κ2) is 4.25. The van der Waals surface area contributed by atoms with Crippen LogP contribution in [0.4, 0.5) is 0 Å². The third-order valence-corrected chi connectivity index (χ3v) is 6.47. The number of allylic oxidation sites excluding steroid dienone is 2. The van der Waals surface area contributed by atoms with Crippen molar-refractivity contribution in [3.05, 3.63) is 40.2 Å². The van der Waals surface area contributed by atoms with Crippen LogP contribution in [0.25, 0.3) is 0 Å². The number of nitrogens with one attached hydrogen (secondary N) is 1. The summed E-state index contributed by atoms with van der Waals surface area (Å²) in [5.74, 6) is 0.423. The number of nitrogens with zero attached hydrogens (tertiary/aromatic N) is 2. The smallest absolute Gasteiger partial charge is 0.256 e. The molecule has 1 aromatic rings. The summed E-state index contributed by atoms with van der Waals surface area (Å²) in [6, 6.07) is 0. The molecular formula is C17H20ClN3O. The predicted octanol–water partition coefficient (Wildman–Crippen LogP) is 3.25. The Hall–Kier alpha value is -1.55. The molecule has 3 aliphatic carbocycles. The third-order valence-electron chi connectivity index (χ3n) is 6.02. The molecule has 2 atom stereocenters. The van der Waals surface area contributed by atoms with Gasteiger partial charge in [0.25, 0.3) is 5.91 Å². The molecule has 0 radical (unpaired) electrons. The van der Waals surface area contributed by atoms with E-state index in [1.807, 2.05) is 0 Å². The first-order chi connectivity index (χ1) is 10.4. The van der Waals surface area contributed by atoms with Gasteiger partial charge in [0.15, 0.2) is 0 Å². The van der Waals surface area contributed by atoms with Gasteiger partial charge in [-0.1, -0.05) is 37.6 Å². The minimum Gasteiger partial charge on any atom is -0.342 e. The van der Waals surface area contributed by atoms with Crippen molar-refractivity contribution in [1.82, 2.24) is 15.1 Å². The van der Waals surface area contributed by atoms with Crippen LogP contribution >= 0.6 is 11.6 Å². The quantitative estimate of drug-likeness (QED) is 0.910. The highest BCUT2D eigenvalue weighted by molar-refractivity contribution is 6.32. The molecule has 1 aromatic heterocycles. The fourth-order valence-electron chi connectivity index (χ4n) is 4.78.